The molecule has 0 amide bonds. The molecule has 0 fully saturated rings. The molecule has 1 heterocycles. The number of anilines is 1. The third kappa shape index (κ3) is 2.93. The number of carbonyl (C=O) groups excluding carboxylic acids is 1. The Labute approximate surface area is 76.1 Å². The van der Waals surface area contributed by atoms with Gasteiger partial charge in [-0.05, 0) is 12.1 Å². The Balaban J connectivity index is 2.70. The number of aldehydes is 1. The van der Waals surface area contributed by atoms with E-state index in [-0.39, 0.29) is 6.42 Å². The number of nitrogens with zero attached hydrogens (tertiary/aromatic N) is 1. The number of nitrogens with one attached hydrogen (secondary N) is 1. The van der Waals surface area contributed by atoms with Crippen LogP contribution >= 0.6 is 0 Å². The molecule has 1 rings (SSSR count). The van der Waals surface area contributed by atoms with Crippen molar-refractivity contribution in [1.29, 1.82) is 0 Å². The molecule has 0 saturated carbocycles. The van der Waals surface area contributed by atoms with Crippen molar-refractivity contribution < 1.29 is 4.79 Å². The Morgan fingerprint density at radius 3 is 3.00 bits per heavy atom. The van der Waals surface area contributed by atoms with Crippen molar-refractivity contribution in [2.24, 2.45) is 5.84 Å². The fraction of sp³-hybridized carbons (Fsp3) is 0.111. The van der Waals surface area contributed by atoms with Gasteiger partial charge in [0.05, 0.1) is 6.42 Å². The van der Waals surface area contributed by atoms with E-state index < -0.39 is 0 Å². The maximum atomic E-state index is 9.95. The molecule has 0 radical (unpaired) electrons. The molecule has 1 aromatic heterocycles. The zero-order chi connectivity index (χ0) is 9.52. The number of rotatable bonds is 2. The third-order valence-corrected chi connectivity index (χ3v) is 1.33. The molecule has 0 aliphatic heterocycles. The number of hydrogen-bond donors (Lipinski definition) is 2. The van der Waals surface area contributed by atoms with E-state index in [2.05, 4.69) is 22.3 Å². The first kappa shape index (κ1) is 9.23. The predicted molar refractivity (Wildman–Crippen MR) is 49.6 cm³/mol. The van der Waals surface area contributed by atoms with Gasteiger partial charge in [0.1, 0.15) is 12.1 Å². The van der Waals surface area contributed by atoms with Gasteiger partial charge in [-0.2, -0.15) is 0 Å². The normalized spacial score (nSPS) is 8.38. The fourth-order valence-corrected chi connectivity index (χ4v) is 0.748. The summed E-state index contributed by atoms with van der Waals surface area (Å²) in [6, 6.07) is 3.49. The lowest BCUT2D eigenvalue weighted by Gasteiger charge is -1.96. The topological polar surface area (TPSA) is 68.0 Å². The number of hydrazine groups is 1. The number of nitrogen functional groups attached to an aromatic ring is 1. The van der Waals surface area contributed by atoms with Crippen molar-refractivity contribution in [2.75, 3.05) is 5.43 Å². The number of nitrogens with two attached hydrogens (primary N) is 1. The summed E-state index contributed by atoms with van der Waals surface area (Å²) in [7, 11) is 0. The monoisotopic (exact) mass is 175 g/mol. The van der Waals surface area contributed by atoms with Crippen molar-refractivity contribution >= 4 is 12.1 Å². The van der Waals surface area contributed by atoms with Crippen LogP contribution in [-0.4, -0.2) is 11.3 Å². The molecule has 0 atom stereocenters. The molecule has 0 bridgehead atoms. The molecule has 1 aromatic rings. The van der Waals surface area contributed by atoms with Gasteiger partial charge in [0.15, 0.2) is 0 Å². The summed E-state index contributed by atoms with van der Waals surface area (Å²) in [6.45, 7) is 0. The summed E-state index contributed by atoms with van der Waals surface area (Å²) in [5.41, 5.74) is 3.17. The summed E-state index contributed by atoms with van der Waals surface area (Å²) in [5, 5.41) is 0. The maximum absolute atomic E-state index is 9.95. The van der Waals surface area contributed by atoms with Crippen LogP contribution in [0.1, 0.15) is 12.0 Å². The molecule has 0 spiro atoms. The Bertz CT molecular complexity index is 334. The van der Waals surface area contributed by atoms with E-state index in [4.69, 9.17) is 5.84 Å². The van der Waals surface area contributed by atoms with Crippen molar-refractivity contribution in [3.05, 3.63) is 23.9 Å². The molecule has 3 N–H and O–H groups in total. The first-order valence-electron chi connectivity index (χ1n) is 3.72. The Morgan fingerprint density at radius 1 is 1.62 bits per heavy atom. The highest BCUT2D eigenvalue weighted by Gasteiger charge is 1.89. The molecule has 0 aliphatic rings. The standard InChI is InChI=1S/C9H9N3O/c10-12-9-5-4-8(7-11-9)3-1-2-6-13/h4-7H,2,10H2,(H,11,12). The van der Waals surface area contributed by atoms with E-state index in [1.165, 1.54) is 0 Å². The number of hydrogen-bond acceptors (Lipinski definition) is 4. The van der Waals surface area contributed by atoms with Crippen molar-refractivity contribution in [3.63, 3.8) is 0 Å². The Hall–Kier alpha value is -1.86. The summed E-state index contributed by atoms with van der Waals surface area (Å²) < 4.78 is 0. The van der Waals surface area contributed by atoms with Crippen molar-refractivity contribution in [2.45, 2.75) is 6.42 Å². The van der Waals surface area contributed by atoms with Gasteiger partial charge in [-0.1, -0.05) is 11.8 Å². The van der Waals surface area contributed by atoms with Gasteiger partial charge in [0.2, 0.25) is 0 Å². The van der Waals surface area contributed by atoms with E-state index in [1.807, 2.05) is 0 Å². The molecule has 13 heavy (non-hydrogen) atoms. The Morgan fingerprint density at radius 2 is 2.46 bits per heavy atom. The van der Waals surface area contributed by atoms with Crippen LogP contribution in [0.3, 0.4) is 0 Å². The van der Waals surface area contributed by atoms with E-state index in [1.54, 1.807) is 18.3 Å². The first-order valence-corrected chi connectivity index (χ1v) is 3.72. The van der Waals surface area contributed by atoms with Gasteiger partial charge in [0.25, 0.3) is 0 Å². The van der Waals surface area contributed by atoms with Crippen LogP contribution in [0.4, 0.5) is 5.82 Å². The van der Waals surface area contributed by atoms with E-state index in [0.717, 1.165) is 11.8 Å². The highest BCUT2D eigenvalue weighted by atomic mass is 16.1. The lowest BCUT2D eigenvalue weighted by Crippen LogP contribution is -2.07. The van der Waals surface area contributed by atoms with Crippen LogP contribution in [0.2, 0.25) is 0 Å². The van der Waals surface area contributed by atoms with Crippen LogP contribution in [0.5, 0.6) is 0 Å². The minimum Gasteiger partial charge on any atom is -0.308 e. The van der Waals surface area contributed by atoms with Crippen molar-refractivity contribution in [3.8, 4) is 11.8 Å². The Kier molecular flexibility index (Phi) is 3.48. The summed E-state index contributed by atoms with van der Waals surface area (Å²) >= 11 is 0. The van der Waals surface area contributed by atoms with Crippen LogP contribution in [0.25, 0.3) is 0 Å². The summed E-state index contributed by atoms with van der Waals surface area (Å²) in [5.74, 6) is 11.2. The molecule has 4 heteroatoms. The van der Waals surface area contributed by atoms with Gasteiger partial charge < -0.3 is 10.2 Å². The molecular weight excluding hydrogens is 166 g/mol. The molecular formula is C9H9N3O. The van der Waals surface area contributed by atoms with Gasteiger partial charge in [-0.15, -0.1) is 0 Å². The smallest absolute Gasteiger partial charge is 0.139 e. The number of pyridine rings is 1. The average molecular weight is 175 g/mol. The van der Waals surface area contributed by atoms with E-state index in [9.17, 15) is 4.79 Å². The lowest BCUT2D eigenvalue weighted by atomic mass is 10.3. The summed E-state index contributed by atoms with van der Waals surface area (Å²) in [6.07, 6.45) is 2.60. The van der Waals surface area contributed by atoms with Gasteiger partial charge in [-0.3, -0.25) is 0 Å². The second-order valence-electron chi connectivity index (χ2n) is 2.25. The third-order valence-electron chi connectivity index (χ3n) is 1.33. The lowest BCUT2D eigenvalue weighted by molar-refractivity contribution is -0.107. The quantitative estimate of drug-likeness (QED) is 0.294. The zero-order valence-electron chi connectivity index (χ0n) is 6.95. The second kappa shape index (κ2) is 4.91. The minimum absolute atomic E-state index is 0.247. The zero-order valence-corrected chi connectivity index (χ0v) is 6.95. The van der Waals surface area contributed by atoms with Crippen LogP contribution in [-0.2, 0) is 4.79 Å². The predicted octanol–water partition coefficient (Wildman–Crippen LogP) is 0.308. The highest BCUT2D eigenvalue weighted by Crippen LogP contribution is 2.01. The minimum atomic E-state index is 0.247. The van der Waals surface area contributed by atoms with Crippen LogP contribution < -0.4 is 11.3 Å². The number of aromatic nitrogens is 1. The summed E-state index contributed by atoms with van der Waals surface area (Å²) in [4.78, 5) is 13.9. The first-order chi connectivity index (χ1) is 6.36. The molecule has 0 unspecified atom stereocenters. The maximum Gasteiger partial charge on any atom is 0.139 e. The van der Waals surface area contributed by atoms with Gasteiger partial charge in [-0.25, -0.2) is 10.8 Å². The molecule has 4 nitrogen and oxygen atoms in total. The van der Waals surface area contributed by atoms with Crippen LogP contribution in [0.15, 0.2) is 18.3 Å². The molecule has 66 valence electrons. The van der Waals surface area contributed by atoms with Crippen LogP contribution in [0, 0.1) is 11.8 Å². The van der Waals surface area contributed by atoms with Crippen molar-refractivity contribution in [1.82, 2.24) is 4.98 Å². The van der Waals surface area contributed by atoms with Gasteiger partial charge in [0, 0.05) is 11.8 Å². The molecule has 0 saturated heterocycles. The second-order valence-corrected chi connectivity index (χ2v) is 2.25. The highest BCUT2D eigenvalue weighted by molar-refractivity contribution is 5.55. The largest absolute Gasteiger partial charge is 0.308 e. The van der Waals surface area contributed by atoms with E-state index >= 15 is 0 Å². The van der Waals surface area contributed by atoms with E-state index in [0.29, 0.717) is 5.82 Å². The average Bonchev–Trinajstić information content (AvgIpc) is 2.19. The molecule has 0 aliphatic carbocycles. The fourth-order valence-electron chi connectivity index (χ4n) is 0.748. The van der Waals surface area contributed by atoms with Gasteiger partial charge >= 0.3 is 0 Å². The SMILES string of the molecule is NNc1ccc(C#CCC=O)cn1. The molecule has 0 aromatic carbocycles. The number of carbonyl (C=O) groups is 1.